The number of carbonyl (C=O) groups is 1. The number of hydrogen-bond donors (Lipinski definition) is 0. The molecule has 0 amide bonds. The van der Waals surface area contributed by atoms with Gasteiger partial charge in [0, 0.05) is 10.9 Å². The molecule has 0 radical (unpaired) electrons. The van der Waals surface area contributed by atoms with Gasteiger partial charge in [-0.05, 0) is 29.9 Å². The molecule has 2 rings (SSSR count). The maximum atomic E-state index is 11.7. The van der Waals surface area contributed by atoms with Crippen molar-refractivity contribution in [1.82, 2.24) is 0 Å². The predicted molar refractivity (Wildman–Crippen MR) is 87.8 cm³/mol. The first kappa shape index (κ1) is 16.1. The van der Waals surface area contributed by atoms with E-state index in [0.29, 0.717) is 22.8 Å². The molecule has 0 saturated carbocycles. The van der Waals surface area contributed by atoms with E-state index in [1.807, 2.05) is 13.0 Å². The van der Waals surface area contributed by atoms with Gasteiger partial charge in [0.25, 0.3) is 0 Å². The maximum absolute atomic E-state index is 11.7. The number of methoxy groups -OCH3 is 3. The summed E-state index contributed by atoms with van der Waals surface area (Å²) >= 11 is 0. The fourth-order valence-corrected chi connectivity index (χ4v) is 2.98. The summed E-state index contributed by atoms with van der Waals surface area (Å²) in [6.07, 6.45) is 0.797. The topological polar surface area (TPSA) is 44.8 Å². The highest BCUT2D eigenvalue weighted by Crippen LogP contribution is 2.47. The molecule has 0 spiro atoms. The number of rotatable bonds is 5. The van der Waals surface area contributed by atoms with E-state index < -0.39 is 0 Å². The Morgan fingerprint density at radius 1 is 1.00 bits per heavy atom. The lowest BCUT2D eigenvalue weighted by Gasteiger charge is -2.22. The van der Waals surface area contributed by atoms with Gasteiger partial charge in [0.2, 0.25) is 0 Å². The van der Waals surface area contributed by atoms with Gasteiger partial charge in [-0.3, -0.25) is 4.79 Å². The minimum atomic E-state index is 0.207. The second-order valence-corrected chi connectivity index (χ2v) is 5.56. The molecule has 0 bridgehead atoms. The zero-order chi connectivity index (χ0) is 16.4. The fourth-order valence-electron chi connectivity index (χ4n) is 2.98. The van der Waals surface area contributed by atoms with Gasteiger partial charge >= 0.3 is 0 Å². The van der Waals surface area contributed by atoms with Crippen LogP contribution in [0.2, 0.25) is 0 Å². The average Bonchev–Trinajstić information content (AvgIpc) is 2.50. The monoisotopic (exact) mass is 302 g/mol. The van der Waals surface area contributed by atoms with Crippen molar-refractivity contribution < 1.29 is 19.0 Å². The minimum Gasteiger partial charge on any atom is -0.496 e. The van der Waals surface area contributed by atoms with Gasteiger partial charge in [-0.1, -0.05) is 19.9 Å². The standard InChI is InChI=1S/C18H22O4/c1-10(2)15-12-7-11(3)8-14(20-4)16(12)13(9-19)17(21-5)18(15)22-6/h7-10H,1-6H3. The van der Waals surface area contributed by atoms with Crippen molar-refractivity contribution in [2.75, 3.05) is 21.3 Å². The van der Waals surface area contributed by atoms with Crippen molar-refractivity contribution in [3.05, 3.63) is 28.8 Å². The first-order valence-corrected chi connectivity index (χ1v) is 7.21. The van der Waals surface area contributed by atoms with Gasteiger partial charge in [-0.2, -0.15) is 0 Å². The van der Waals surface area contributed by atoms with Gasteiger partial charge in [0.15, 0.2) is 17.8 Å². The van der Waals surface area contributed by atoms with Crippen LogP contribution in [0, 0.1) is 6.92 Å². The summed E-state index contributed by atoms with van der Waals surface area (Å²) < 4.78 is 16.5. The number of ether oxygens (including phenoxy) is 3. The fraction of sp³-hybridized carbons (Fsp3) is 0.389. The summed E-state index contributed by atoms with van der Waals surface area (Å²) in [6, 6.07) is 3.98. The summed E-state index contributed by atoms with van der Waals surface area (Å²) in [5.74, 6) is 1.94. The molecule has 4 heteroatoms. The molecule has 0 aromatic heterocycles. The van der Waals surface area contributed by atoms with Gasteiger partial charge in [-0.15, -0.1) is 0 Å². The molecular weight excluding hydrogens is 280 g/mol. The Labute approximate surface area is 131 Å². The summed E-state index contributed by atoms with van der Waals surface area (Å²) in [6.45, 7) is 6.18. The van der Waals surface area contributed by atoms with Gasteiger partial charge in [-0.25, -0.2) is 0 Å². The van der Waals surface area contributed by atoms with Crippen molar-refractivity contribution in [1.29, 1.82) is 0 Å². The molecule has 0 fully saturated rings. The van der Waals surface area contributed by atoms with Gasteiger partial charge in [0.05, 0.1) is 26.9 Å². The molecule has 118 valence electrons. The van der Waals surface area contributed by atoms with Crippen LogP contribution in [-0.4, -0.2) is 27.6 Å². The van der Waals surface area contributed by atoms with Gasteiger partial charge < -0.3 is 14.2 Å². The largest absolute Gasteiger partial charge is 0.496 e. The second-order valence-electron chi connectivity index (χ2n) is 5.56. The lowest BCUT2D eigenvalue weighted by Crippen LogP contribution is -2.04. The van der Waals surface area contributed by atoms with E-state index in [0.717, 1.165) is 28.2 Å². The molecule has 0 atom stereocenters. The van der Waals surface area contributed by atoms with Crippen LogP contribution in [-0.2, 0) is 0 Å². The highest BCUT2D eigenvalue weighted by molar-refractivity contribution is 6.07. The normalized spacial score (nSPS) is 10.9. The number of hydrogen-bond acceptors (Lipinski definition) is 4. The number of aryl methyl sites for hydroxylation is 1. The van der Waals surface area contributed by atoms with E-state index in [2.05, 4.69) is 19.9 Å². The molecule has 0 N–H and O–H groups in total. The van der Waals surface area contributed by atoms with Crippen molar-refractivity contribution in [2.24, 2.45) is 0 Å². The molecule has 0 aliphatic heterocycles. The molecule has 0 aliphatic rings. The second kappa shape index (κ2) is 6.26. The van der Waals surface area contributed by atoms with E-state index >= 15 is 0 Å². The molecule has 4 nitrogen and oxygen atoms in total. The molecule has 2 aromatic carbocycles. The lowest BCUT2D eigenvalue weighted by molar-refractivity contribution is 0.112. The Morgan fingerprint density at radius 2 is 1.64 bits per heavy atom. The summed E-state index contributed by atoms with van der Waals surface area (Å²) in [4.78, 5) is 11.7. The maximum Gasteiger partial charge on any atom is 0.172 e. The summed E-state index contributed by atoms with van der Waals surface area (Å²) in [7, 11) is 4.74. The number of fused-ring (bicyclic) bond motifs is 1. The van der Waals surface area contributed by atoms with E-state index in [1.165, 1.54) is 0 Å². The van der Waals surface area contributed by atoms with E-state index in [1.54, 1.807) is 21.3 Å². The van der Waals surface area contributed by atoms with Crippen LogP contribution in [0.5, 0.6) is 17.2 Å². The highest BCUT2D eigenvalue weighted by Gasteiger charge is 2.24. The van der Waals surface area contributed by atoms with Crippen LogP contribution in [0.3, 0.4) is 0 Å². The third kappa shape index (κ3) is 2.39. The third-order valence-electron chi connectivity index (χ3n) is 3.82. The van der Waals surface area contributed by atoms with E-state index in [-0.39, 0.29) is 5.92 Å². The molecule has 0 aliphatic carbocycles. The molecular formula is C18H22O4. The van der Waals surface area contributed by atoms with Crippen LogP contribution in [0.4, 0.5) is 0 Å². The number of carbonyl (C=O) groups excluding carboxylic acids is 1. The molecule has 0 unspecified atom stereocenters. The van der Waals surface area contributed by atoms with Crippen molar-refractivity contribution >= 4 is 17.1 Å². The van der Waals surface area contributed by atoms with Crippen molar-refractivity contribution in [3.8, 4) is 17.2 Å². The first-order chi connectivity index (χ1) is 10.5. The molecule has 0 heterocycles. The van der Waals surface area contributed by atoms with E-state index in [9.17, 15) is 4.79 Å². The van der Waals surface area contributed by atoms with Gasteiger partial charge in [0.1, 0.15) is 5.75 Å². The number of benzene rings is 2. The smallest absolute Gasteiger partial charge is 0.172 e. The van der Waals surface area contributed by atoms with E-state index in [4.69, 9.17) is 14.2 Å². The third-order valence-corrected chi connectivity index (χ3v) is 3.82. The lowest BCUT2D eigenvalue weighted by atomic mass is 9.90. The van der Waals surface area contributed by atoms with Crippen LogP contribution < -0.4 is 14.2 Å². The van der Waals surface area contributed by atoms with Crippen molar-refractivity contribution in [2.45, 2.75) is 26.7 Å². The number of aldehydes is 1. The molecule has 0 saturated heterocycles. The average molecular weight is 302 g/mol. The SMILES string of the molecule is COc1c(OC)c(C=O)c2c(OC)cc(C)cc2c1C(C)C. The van der Waals surface area contributed by atoms with Crippen molar-refractivity contribution in [3.63, 3.8) is 0 Å². The molecule has 2 aromatic rings. The summed E-state index contributed by atoms with van der Waals surface area (Å²) in [5.41, 5.74) is 2.54. The highest BCUT2D eigenvalue weighted by atomic mass is 16.5. The Hall–Kier alpha value is -2.23. The van der Waals surface area contributed by atoms with Crippen LogP contribution >= 0.6 is 0 Å². The molecule has 22 heavy (non-hydrogen) atoms. The zero-order valence-corrected chi connectivity index (χ0v) is 13.9. The predicted octanol–water partition coefficient (Wildman–Crippen LogP) is 4.11. The Kier molecular flexibility index (Phi) is 4.59. The Balaban J connectivity index is 3.14. The van der Waals surface area contributed by atoms with Crippen LogP contribution in [0.25, 0.3) is 10.8 Å². The quantitative estimate of drug-likeness (QED) is 0.780. The summed E-state index contributed by atoms with van der Waals surface area (Å²) in [5, 5.41) is 1.73. The first-order valence-electron chi connectivity index (χ1n) is 7.21. The minimum absolute atomic E-state index is 0.207. The Bertz CT molecular complexity index is 717. The van der Waals surface area contributed by atoms with Crippen LogP contribution in [0.15, 0.2) is 12.1 Å². The van der Waals surface area contributed by atoms with Crippen LogP contribution in [0.1, 0.15) is 41.3 Å². The zero-order valence-electron chi connectivity index (χ0n) is 13.9. The Morgan fingerprint density at radius 3 is 2.09 bits per heavy atom.